The maximum absolute atomic E-state index is 12.8. The van der Waals surface area contributed by atoms with Gasteiger partial charge in [0, 0.05) is 21.8 Å². The van der Waals surface area contributed by atoms with E-state index >= 15 is 0 Å². The fraction of sp³-hybridized carbons (Fsp3) is 0.185. The first-order valence-electron chi connectivity index (χ1n) is 10.8. The van der Waals surface area contributed by atoms with Gasteiger partial charge in [-0.15, -0.1) is 0 Å². The molecule has 3 aromatic carbocycles. The molecule has 1 heterocycles. The van der Waals surface area contributed by atoms with Gasteiger partial charge in [-0.05, 0) is 45.4 Å². The van der Waals surface area contributed by atoms with Crippen LogP contribution in [0.5, 0.6) is 0 Å². The van der Waals surface area contributed by atoms with Crippen LogP contribution in [0.15, 0.2) is 71.9 Å². The van der Waals surface area contributed by atoms with Gasteiger partial charge in [0.25, 0.3) is 0 Å². The summed E-state index contributed by atoms with van der Waals surface area (Å²) in [5, 5.41) is 3.92. The van der Waals surface area contributed by atoms with Crippen molar-refractivity contribution in [2.24, 2.45) is 0 Å². The summed E-state index contributed by atoms with van der Waals surface area (Å²) in [6, 6.07) is 22.2. The normalized spacial score (nSPS) is 11.9. The molecule has 1 amide bonds. The minimum atomic E-state index is -0.354. The molecule has 4 rings (SSSR count). The molecular weight excluding hydrogens is 450 g/mol. The summed E-state index contributed by atoms with van der Waals surface area (Å²) in [5.41, 5.74) is 7.96. The Morgan fingerprint density at radius 1 is 0.939 bits per heavy atom. The van der Waals surface area contributed by atoms with E-state index in [0.717, 1.165) is 28.1 Å². The van der Waals surface area contributed by atoms with E-state index in [1.54, 1.807) is 6.07 Å². The van der Waals surface area contributed by atoms with E-state index in [1.165, 1.54) is 22.9 Å². The summed E-state index contributed by atoms with van der Waals surface area (Å²) in [6.45, 7) is 7.94. The average Bonchev–Trinajstić information content (AvgIpc) is 3.21. The molecule has 1 unspecified atom stereocenters. The molecule has 6 heteroatoms. The molecule has 4 nitrogen and oxygen atoms in total. The monoisotopic (exact) mass is 475 g/mol. The number of aromatic nitrogens is 2. The van der Waals surface area contributed by atoms with Gasteiger partial charge in [-0.25, -0.2) is 4.98 Å². The Labute approximate surface area is 203 Å². The van der Waals surface area contributed by atoms with Crippen LogP contribution in [0.2, 0.25) is 5.02 Å². The van der Waals surface area contributed by atoms with Crippen LogP contribution in [0, 0.1) is 20.8 Å². The summed E-state index contributed by atoms with van der Waals surface area (Å²) in [6.07, 6.45) is 0. The number of H-pyrrole nitrogens is 1. The fourth-order valence-electron chi connectivity index (χ4n) is 3.39. The first-order chi connectivity index (χ1) is 15.8. The lowest BCUT2D eigenvalue weighted by molar-refractivity contribution is -0.115. The number of carbonyl (C=O) groups excluding carboxylic acids is 1. The van der Waals surface area contributed by atoms with Crippen molar-refractivity contribution in [3.05, 3.63) is 88.4 Å². The number of rotatable bonds is 6. The van der Waals surface area contributed by atoms with Crippen LogP contribution in [-0.4, -0.2) is 21.1 Å². The van der Waals surface area contributed by atoms with Gasteiger partial charge in [-0.1, -0.05) is 89.1 Å². The van der Waals surface area contributed by atoms with Crippen LogP contribution in [0.1, 0.15) is 23.6 Å². The zero-order valence-corrected chi connectivity index (χ0v) is 20.6. The van der Waals surface area contributed by atoms with E-state index in [1.807, 2.05) is 26.0 Å². The summed E-state index contributed by atoms with van der Waals surface area (Å²) in [4.78, 5) is 21.1. The minimum Gasteiger partial charge on any atom is -0.332 e. The quantitative estimate of drug-likeness (QED) is 0.285. The molecule has 33 heavy (non-hydrogen) atoms. The summed E-state index contributed by atoms with van der Waals surface area (Å²) < 4.78 is 0. The van der Waals surface area contributed by atoms with Crippen LogP contribution in [0.25, 0.3) is 22.5 Å². The van der Waals surface area contributed by atoms with Gasteiger partial charge in [0.15, 0.2) is 5.16 Å². The molecule has 4 aromatic rings. The van der Waals surface area contributed by atoms with Crippen LogP contribution in [0.3, 0.4) is 0 Å². The molecular formula is C27H26ClN3OS. The Bertz CT molecular complexity index is 1220. The number of hydrogen-bond acceptors (Lipinski definition) is 3. The summed E-state index contributed by atoms with van der Waals surface area (Å²) in [7, 11) is 0. The van der Waals surface area contributed by atoms with Crippen molar-refractivity contribution in [2.45, 2.75) is 38.1 Å². The number of aromatic amines is 1. The first kappa shape index (κ1) is 23.1. The van der Waals surface area contributed by atoms with Crippen molar-refractivity contribution in [2.75, 3.05) is 5.32 Å². The third kappa shape index (κ3) is 5.49. The number of imidazole rings is 1. The molecule has 0 spiro atoms. The number of carbonyl (C=O) groups is 1. The Morgan fingerprint density at radius 2 is 1.55 bits per heavy atom. The highest BCUT2D eigenvalue weighted by Gasteiger charge is 2.20. The molecule has 0 radical (unpaired) electrons. The number of amides is 1. The standard InChI is InChI=1S/C27H26ClN3OS/c1-16-5-10-20(11-6-16)24-25(21-12-7-17(2)8-13-21)31-27(30-24)33-19(4)26(32)29-22-14-9-18(3)23(28)15-22/h5-15,19H,1-4H3,(H,29,32)(H,30,31). The van der Waals surface area contributed by atoms with Crippen molar-refractivity contribution in [1.29, 1.82) is 0 Å². The second-order valence-electron chi connectivity index (χ2n) is 8.21. The van der Waals surface area contributed by atoms with Gasteiger partial charge in [0.05, 0.1) is 16.6 Å². The van der Waals surface area contributed by atoms with Crippen molar-refractivity contribution in [3.63, 3.8) is 0 Å². The number of anilines is 1. The van der Waals surface area contributed by atoms with Gasteiger partial charge < -0.3 is 10.3 Å². The van der Waals surface area contributed by atoms with Crippen LogP contribution in [0.4, 0.5) is 5.69 Å². The fourth-order valence-corrected chi connectivity index (χ4v) is 4.38. The van der Waals surface area contributed by atoms with E-state index in [9.17, 15) is 4.79 Å². The topological polar surface area (TPSA) is 57.8 Å². The number of aryl methyl sites for hydroxylation is 3. The molecule has 0 aliphatic carbocycles. The van der Waals surface area contributed by atoms with Crippen molar-refractivity contribution in [1.82, 2.24) is 9.97 Å². The van der Waals surface area contributed by atoms with Crippen molar-refractivity contribution >= 4 is 35.0 Å². The molecule has 0 saturated heterocycles. The van der Waals surface area contributed by atoms with E-state index in [2.05, 4.69) is 72.7 Å². The second-order valence-corrected chi connectivity index (χ2v) is 9.95. The average molecular weight is 476 g/mol. The Hall–Kier alpha value is -3.02. The first-order valence-corrected chi connectivity index (χ1v) is 12.0. The molecule has 0 aliphatic heterocycles. The highest BCUT2D eigenvalue weighted by atomic mass is 35.5. The van der Waals surface area contributed by atoms with E-state index in [4.69, 9.17) is 16.6 Å². The van der Waals surface area contributed by atoms with Gasteiger partial charge in [-0.3, -0.25) is 4.79 Å². The van der Waals surface area contributed by atoms with E-state index in [-0.39, 0.29) is 11.2 Å². The highest BCUT2D eigenvalue weighted by molar-refractivity contribution is 8.00. The van der Waals surface area contributed by atoms with Crippen molar-refractivity contribution in [3.8, 4) is 22.5 Å². The largest absolute Gasteiger partial charge is 0.332 e. The van der Waals surface area contributed by atoms with Gasteiger partial charge in [0.1, 0.15) is 0 Å². The van der Waals surface area contributed by atoms with E-state index in [0.29, 0.717) is 15.9 Å². The summed E-state index contributed by atoms with van der Waals surface area (Å²) in [5.74, 6) is -0.106. The van der Waals surface area contributed by atoms with Crippen molar-refractivity contribution < 1.29 is 4.79 Å². The predicted octanol–water partition coefficient (Wildman–Crippen LogP) is 7.44. The van der Waals surface area contributed by atoms with Gasteiger partial charge >= 0.3 is 0 Å². The number of nitrogens with one attached hydrogen (secondary N) is 2. The SMILES string of the molecule is Cc1ccc(-c2nc(SC(C)C(=O)Nc3ccc(C)c(Cl)c3)[nH]c2-c2ccc(C)cc2)cc1. The number of nitrogens with zero attached hydrogens (tertiary/aromatic N) is 1. The highest BCUT2D eigenvalue weighted by Crippen LogP contribution is 2.34. The molecule has 0 fully saturated rings. The number of thioether (sulfide) groups is 1. The number of benzene rings is 3. The van der Waals surface area contributed by atoms with E-state index < -0.39 is 0 Å². The maximum atomic E-state index is 12.8. The Kier molecular flexibility index (Phi) is 6.91. The second kappa shape index (κ2) is 9.86. The zero-order valence-electron chi connectivity index (χ0n) is 19.1. The molecule has 2 N–H and O–H groups in total. The van der Waals surface area contributed by atoms with Gasteiger partial charge in [-0.2, -0.15) is 0 Å². The molecule has 0 saturated carbocycles. The lowest BCUT2D eigenvalue weighted by Crippen LogP contribution is -2.22. The lowest BCUT2D eigenvalue weighted by atomic mass is 10.0. The number of halogens is 1. The Morgan fingerprint density at radius 3 is 2.15 bits per heavy atom. The lowest BCUT2D eigenvalue weighted by Gasteiger charge is -2.11. The molecule has 0 bridgehead atoms. The number of hydrogen-bond donors (Lipinski definition) is 2. The molecule has 0 aliphatic rings. The zero-order chi connectivity index (χ0) is 23.5. The molecule has 168 valence electrons. The Balaban J connectivity index is 1.59. The van der Waals surface area contributed by atoms with Crippen LogP contribution in [-0.2, 0) is 4.79 Å². The van der Waals surface area contributed by atoms with Gasteiger partial charge in [0.2, 0.25) is 5.91 Å². The van der Waals surface area contributed by atoms with Crippen LogP contribution < -0.4 is 5.32 Å². The van der Waals surface area contributed by atoms with Crippen LogP contribution >= 0.6 is 23.4 Å². The predicted molar refractivity (Wildman–Crippen MR) is 139 cm³/mol. The maximum Gasteiger partial charge on any atom is 0.237 e. The smallest absolute Gasteiger partial charge is 0.237 e. The summed E-state index contributed by atoms with van der Waals surface area (Å²) >= 11 is 7.59. The third-order valence-corrected chi connectivity index (χ3v) is 6.84. The molecule has 1 aromatic heterocycles. The third-order valence-electron chi connectivity index (χ3n) is 5.44. The minimum absolute atomic E-state index is 0.106. The molecule has 1 atom stereocenters.